The fourth-order valence-electron chi connectivity index (χ4n) is 4.22. The molecule has 1 aliphatic carbocycles. The largest absolute Gasteiger partial charge is 0.351 e. The molecule has 32 heavy (non-hydrogen) atoms. The molecule has 1 aliphatic rings. The van der Waals surface area contributed by atoms with Crippen molar-refractivity contribution in [2.75, 3.05) is 6.54 Å². The highest BCUT2D eigenvalue weighted by atomic mass is 16.2. The number of nitrogens with one attached hydrogen (secondary N) is 2. The molecule has 0 aliphatic heterocycles. The summed E-state index contributed by atoms with van der Waals surface area (Å²) in [6, 6.07) is 9.49. The summed E-state index contributed by atoms with van der Waals surface area (Å²) in [6.07, 6.45) is 10.8. The number of benzene rings is 1. The molecule has 1 aromatic carbocycles. The lowest BCUT2D eigenvalue weighted by Crippen LogP contribution is -2.58. The van der Waals surface area contributed by atoms with Crippen molar-refractivity contribution in [1.82, 2.24) is 25.7 Å². The van der Waals surface area contributed by atoms with E-state index in [1.54, 1.807) is 0 Å². The van der Waals surface area contributed by atoms with E-state index < -0.39 is 6.04 Å². The second kappa shape index (κ2) is 12.3. The second-order valence-electron chi connectivity index (χ2n) is 8.95. The lowest BCUT2D eigenvalue weighted by atomic mass is 9.83. The van der Waals surface area contributed by atoms with Gasteiger partial charge in [0, 0.05) is 25.5 Å². The topological polar surface area (TPSA) is 87.2 Å². The Labute approximate surface area is 191 Å². The minimum atomic E-state index is -0.418. The summed E-state index contributed by atoms with van der Waals surface area (Å²) in [4.78, 5) is 34.5. The molecule has 0 bridgehead atoms. The van der Waals surface area contributed by atoms with E-state index in [9.17, 15) is 9.59 Å². The summed E-state index contributed by atoms with van der Waals surface area (Å²) in [5.74, 6) is 0.279. The number of nitrogens with zero attached hydrogens (tertiary/aromatic N) is 3. The molecule has 3 rings (SSSR count). The van der Waals surface area contributed by atoms with E-state index in [1.807, 2.05) is 35.3 Å². The van der Waals surface area contributed by atoms with Gasteiger partial charge in [-0.05, 0) is 36.7 Å². The molecule has 0 unspecified atom stereocenters. The van der Waals surface area contributed by atoms with Gasteiger partial charge < -0.3 is 5.32 Å². The smallest absolute Gasteiger partial charge is 0.285 e. The molecule has 2 amide bonds. The van der Waals surface area contributed by atoms with E-state index in [1.165, 1.54) is 25.0 Å². The second-order valence-corrected chi connectivity index (χ2v) is 8.95. The van der Waals surface area contributed by atoms with Crippen molar-refractivity contribution < 1.29 is 9.59 Å². The van der Waals surface area contributed by atoms with E-state index in [2.05, 4.69) is 34.6 Å². The standard InChI is InChI=1S/C25H35N5O2/c1-19(2)13-16-30(29-24(31)22-18-26-14-15-27-22)23(21-11-7-4-8-12-21)25(32)28-17-20-9-5-3-6-10-20/h3,5-6,9-10,14-15,18-19,21,23H,4,7-8,11-13,16-17H2,1-2H3,(H,28,32)(H,29,31)/t23-/m1/s1. The molecular weight excluding hydrogens is 402 g/mol. The molecular formula is C25H35N5O2. The summed E-state index contributed by atoms with van der Waals surface area (Å²) in [6.45, 7) is 5.37. The maximum absolute atomic E-state index is 13.5. The van der Waals surface area contributed by atoms with E-state index in [0.29, 0.717) is 19.0 Å². The van der Waals surface area contributed by atoms with Crippen LogP contribution in [0.4, 0.5) is 0 Å². The first-order valence-corrected chi connectivity index (χ1v) is 11.7. The van der Waals surface area contributed by atoms with Crippen LogP contribution in [0.1, 0.15) is 68.4 Å². The molecule has 2 aromatic rings. The fraction of sp³-hybridized carbons (Fsp3) is 0.520. The minimum Gasteiger partial charge on any atom is -0.351 e. The van der Waals surface area contributed by atoms with Gasteiger partial charge in [0.15, 0.2) is 0 Å². The highest BCUT2D eigenvalue weighted by Crippen LogP contribution is 2.29. The zero-order valence-corrected chi connectivity index (χ0v) is 19.2. The number of hydrazine groups is 1. The Kier molecular flexibility index (Phi) is 9.16. The Balaban J connectivity index is 1.80. The number of amides is 2. The van der Waals surface area contributed by atoms with Crippen LogP contribution in [0.15, 0.2) is 48.9 Å². The minimum absolute atomic E-state index is 0.0380. The van der Waals surface area contributed by atoms with Crippen LogP contribution in [-0.4, -0.2) is 39.4 Å². The third kappa shape index (κ3) is 7.12. The summed E-state index contributed by atoms with van der Waals surface area (Å²) >= 11 is 0. The number of hydrogen-bond acceptors (Lipinski definition) is 5. The number of aromatic nitrogens is 2. The first-order chi connectivity index (χ1) is 15.5. The first-order valence-electron chi connectivity index (χ1n) is 11.7. The molecule has 0 radical (unpaired) electrons. The predicted octanol–water partition coefficient (Wildman–Crippen LogP) is 3.73. The molecule has 1 atom stereocenters. The SMILES string of the molecule is CC(C)CCN(NC(=O)c1cnccn1)[C@@H](C(=O)NCc1ccccc1)C1CCCCC1. The van der Waals surface area contributed by atoms with E-state index in [0.717, 1.165) is 37.7 Å². The van der Waals surface area contributed by atoms with Crippen molar-refractivity contribution in [2.24, 2.45) is 11.8 Å². The average Bonchev–Trinajstić information content (AvgIpc) is 2.83. The monoisotopic (exact) mass is 437 g/mol. The van der Waals surface area contributed by atoms with Crippen molar-refractivity contribution in [3.63, 3.8) is 0 Å². The molecule has 0 saturated heterocycles. The van der Waals surface area contributed by atoms with Gasteiger partial charge >= 0.3 is 0 Å². The summed E-state index contributed by atoms with van der Waals surface area (Å²) in [5, 5.41) is 4.97. The quantitative estimate of drug-likeness (QED) is 0.553. The molecule has 1 aromatic heterocycles. The lowest BCUT2D eigenvalue weighted by molar-refractivity contribution is -0.130. The van der Waals surface area contributed by atoms with Gasteiger partial charge in [-0.2, -0.15) is 0 Å². The van der Waals surface area contributed by atoms with Gasteiger partial charge in [-0.1, -0.05) is 63.4 Å². The summed E-state index contributed by atoms with van der Waals surface area (Å²) in [5.41, 5.74) is 4.30. The molecule has 2 N–H and O–H groups in total. The number of rotatable bonds is 10. The van der Waals surface area contributed by atoms with Gasteiger partial charge in [0.05, 0.1) is 6.20 Å². The summed E-state index contributed by atoms with van der Waals surface area (Å²) in [7, 11) is 0. The lowest BCUT2D eigenvalue weighted by Gasteiger charge is -2.38. The van der Waals surface area contributed by atoms with Gasteiger partial charge in [-0.3, -0.25) is 20.0 Å². The van der Waals surface area contributed by atoms with Gasteiger partial charge in [0.2, 0.25) is 5.91 Å². The maximum atomic E-state index is 13.5. The first kappa shape index (κ1) is 23.9. The van der Waals surface area contributed by atoms with Gasteiger partial charge in [0.1, 0.15) is 11.7 Å². The van der Waals surface area contributed by atoms with Crippen LogP contribution in [0.2, 0.25) is 0 Å². The third-order valence-electron chi connectivity index (χ3n) is 6.00. The average molecular weight is 438 g/mol. The third-order valence-corrected chi connectivity index (χ3v) is 6.00. The molecule has 7 nitrogen and oxygen atoms in total. The fourth-order valence-corrected chi connectivity index (χ4v) is 4.22. The molecule has 1 saturated carbocycles. The summed E-state index contributed by atoms with van der Waals surface area (Å²) < 4.78 is 0. The Morgan fingerprint density at radius 2 is 1.84 bits per heavy atom. The van der Waals surface area contributed by atoms with Crippen LogP contribution in [0.3, 0.4) is 0 Å². The maximum Gasteiger partial charge on any atom is 0.285 e. The highest BCUT2D eigenvalue weighted by Gasteiger charge is 2.35. The number of carbonyl (C=O) groups excluding carboxylic acids is 2. The molecule has 0 spiro atoms. The van der Waals surface area contributed by atoms with Crippen molar-refractivity contribution in [1.29, 1.82) is 0 Å². The van der Waals surface area contributed by atoms with Crippen LogP contribution in [0, 0.1) is 11.8 Å². The predicted molar refractivity (Wildman–Crippen MR) is 124 cm³/mol. The van der Waals surface area contributed by atoms with Crippen molar-refractivity contribution in [3.05, 3.63) is 60.2 Å². The van der Waals surface area contributed by atoms with Crippen molar-refractivity contribution in [2.45, 2.75) is 65.0 Å². The van der Waals surface area contributed by atoms with Gasteiger partial charge in [0.25, 0.3) is 5.91 Å². The normalized spacial score (nSPS) is 15.5. The zero-order valence-electron chi connectivity index (χ0n) is 19.2. The Morgan fingerprint density at radius 3 is 2.50 bits per heavy atom. The van der Waals surface area contributed by atoms with Crippen LogP contribution in [-0.2, 0) is 11.3 Å². The Hall–Kier alpha value is -2.80. The van der Waals surface area contributed by atoms with Gasteiger partial charge in [-0.25, -0.2) is 9.99 Å². The highest BCUT2D eigenvalue weighted by molar-refractivity contribution is 5.92. The van der Waals surface area contributed by atoms with E-state index in [-0.39, 0.29) is 23.4 Å². The van der Waals surface area contributed by atoms with Crippen molar-refractivity contribution in [3.8, 4) is 0 Å². The zero-order chi connectivity index (χ0) is 22.8. The van der Waals surface area contributed by atoms with Crippen LogP contribution in [0.25, 0.3) is 0 Å². The Bertz CT molecular complexity index is 838. The molecule has 1 heterocycles. The van der Waals surface area contributed by atoms with Crippen LogP contribution in [0.5, 0.6) is 0 Å². The van der Waals surface area contributed by atoms with Crippen LogP contribution < -0.4 is 10.7 Å². The van der Waals surface area contributed by atoms with Crippen molar-refractivity contribution >= 4 is 11.8 Å². The van der Waals surface area contributed by atoms with E-state index >= 15 is 0 Å². The molecule has 1 fully saturated rings. The number of hydrogen-bond donors (Lipinski definition) is 2. The Morgan fingerprint density at radius 1 is 1.09 bits per heavy atom. The van der Waals surface area contributed by atoms with Crippen LogP contribution >= 0.6 is 0 Å². The van der Waals surface area contributed by atoms with Gasteiger partial charge in [-0.15, -0.1) is 0 Å². The van der Waals surface area contributed by atoms with E-state index in [4.69, 9.17) is 0 Å². The molecule has 7 heteroatoms. The molecule has 172 valence electrons. The number of carbonyl (C=O) groups is 2.